The summed E-state index contributed by atoms with van der Waals surface area (Å²) in [6.45, 7) is 2.28. The van der Waals surface area contributed by atoms with Gasteiger partial charge < -0.3 is 5.32 Å². The van der Waals surface area contributed by atoms with Crippen LogP contribution < -0.4 is 5.32 Å². The molecule has 1 amide bonds. The van der Waals surface area contributed by atoms with Gasteiger partial charge in [-0.2, -0.15) is 0 Å². The van der Waals surface area contributed by atoms with Crippen molar-refractivity contribution in [2.45, 2.75) is 37.8 Å². The number of benzene rings is 1. The van der Waals surface area contributed by atoms with E-state index in [1.165, 1.54) is 37.9 Å². The Hall–Kier alpha value is -1.98. The van der Waals surface area contributed by atoms with Gasteiger partial charge in [-0.05, 0) is 61.7 Å². The first-order valence-electron chi connectivity index (χ1n) is 9.27. The lowest BCUT2D eigenvalue weighted by Gasteiger charge is -2.32. The summed E-state index contributed by atoms with van der Waals surface area (Å²) < 4.78 is 13.0. The molecule has 1 N–H and O–H groups in total. The number of nitrogens with zero attached hydrogens (tertiary/aromatic N) is 1. The average molecular weight is 370 g/mol. The van der Waals surface area contributed by atoms with Crippen molar-refractivity contribution in [3.05, 3.63) is 53.2 Å². The number of hydrogen-bond acceptors (Lipinski definition) is 3. The van der Waals surface area contributed by atoms with Gasteiger partial charge in [-0.3, -0.25) is 9.69 Å². The Balaban J connectivity index is 1.36. The quantitative estimate of drug-likeness (QED) is 0.814. The molecule has 1 aromatic carbocycles. The van der Waals surface area contributed by atoms with Crippen molar-refractivity contribution < 1.29 is 9.18 Å². The molecule has 2 aliphatic rings. The smallest absolute Gasteiger partial charge is 0.244 e. The number of amides is 1. The second-order valence-electron chi connectivity index (χ2n) is 7.05. The Morgan fingerprint density at radius 3 is 2.81 bits per heavy atom. The Bertz CT molecular complexity index is 799. The molecule has 2 aromatic rings. The molecule has 3 heterocycles. The molecular formula is C21H23FN2OS. The van der Waals surface area contributed by atoms with Gasteiger partial charge in [-0.15, -0.1) is 11.3 Å². The van der Waals surface area contributed by atoms with Gasteiger partial charge in [0.05, 0.1) is 0 Å². The lowest BCUT2D eigenvalue weighted by molar-refractivity contribution is -0.117. The molecule has 2 aliphatic heterocycles. The number of carbonyl (C=O) groups is 1. The van der Waals surface area contributed by atoms with Crippen molar-refractivity contribution in [1.82, 2.24) is 10.2 Å². The van der Waals surface area contributed by atoms with Crippen molar-refractivity contribution in [3.63, 3.8) is 0 Å². The molecular weight excluding hydrogens is 347 g/mol. The highest BCUT2D eigenvalue weighted by atomic mass is 32.1. The van der Waals surface area contributed by atoms with Crippen molar-refractivity contribution in [3.8, 4) is 10.4 Å². The van der Waals surface area contributed by atoms with Crippen LogP contribution in [-0.4, -0.2) is 36.0 Å². The SMILES string of the molecule is O=C(/C=C/c1ccc(-c2ccc(F)cc2)s1)N[C@@H]1CCN2CCCC[C@H]12. The van der Waals surface area contributed by atoms with E-state index < -0.39 is 0 Å². The van der Waals surface area contributed by atoms with E-state index in [0.717, 1.165) is 28.3 Å². The van der Waals surface area contributed by atoms with Gasteiger partial charge in [0, 0.05) is 34.5 Å². The molecule has 0 saturated carbocycles. The molecule has 0 unspecified atom stereocenters. The average Bonchev–Trinajstić information content (AvgIpc) is 3.28. The Morgan fingerprint density at radius 2 is 1.96 bits per heavy atom. The third kappa shape index (κ3) is 3.89. The van der Waals surface area contributed by atoms with Crippen LogP contribution in [0.25, 0.3) is 16.5 Å². The normalized spacial score (nSPS) is 23.3. The van der Waals surface area contributed by atoms with E-state index in [0.29, 0.717) is 6.04 Å². The molecule has 26 heavy (non-hydrogen) atoms. The highest BCUT2D eigenvalue weighted by Gasteiger charge is 2.35. The van der Waals surface area contributed by atoms with Crippen molar-refractivity contribution in [1.29, 1.82) is 0 Å². The zero-order chi connectivity index (χ0) is 17.9. The van der Waals surface area contributed by atoms with E-state index in [9.17, 15) is 9.18 Å². The molecule has 5 heteroatoms. The number of carbonyl (C=O) groups excluding carboxylic acids is 1. The Morgan fingerprint density at radius 1 is 1.12 bits per heavy atom. The maximum atomic E-state index is 13.0. The van der Waals surface area contributed by atoms with Crippen LogP contribution in [0.5, 0.6) is 0 Å². The summed E-state index contributed by atoms with van der Waals surface area (Å²) in [4.78, 5) is 16.9. The van der Waals surface area contributed by atoms with Crippen LogP contribution in [0.1, 0.15) is 30.6 Å². The predicted molar refractivity (Wildman–Crippen MR) is 105 cm³/mol. The third-order valence-corrected chi connectivity index (χ3v) is 6.44. The molecule has 2 fully saturated rings. The number of rotatable bonds is 4. The van der Waals surface area contributed by atoms with Crippen LogP contribution >= 0.6 is 11.3 Å². The van der Waals surface area contributed by atoms with Gasteiger partial charge >= 0.3 is 0 Å². The minimum absolute atomic E-state index is 0.0147. The van der Waals surface area contributed by atoms with E-state index in [2.05, 4.69) is 10.2 Å². The van der Waals surface area contributed by atoms with Crippen LogP contribution in [0.15, 0.2) is 42.5 Å². The Kier molecular flexibility index (Phi) is 5.18. The predicted octanol–water partition coefficient (Wildman–Crippen LogP) is 4.31. The van der Waals surface area contributed by atoms with Crippen LogP contribution in [0.2, 0.25) is 0 Å². The number of piperidine rings is 1. The fourth-order valence-corrected chi connectivity index (χ4v) is 4.93. The number of nitrogens with one attached hydrogen (secondary N) is 1. The first kappa shape index (κ1) is 17.4. The van der Waals surface area contributed by atoms with E-state index in [-0.39, 0.29) is 17.8 Å². The molecule has 2 atom stereocenters. The fourth-order valence-electron chi connectivity index (χ4n) is 4.02. The maximum Gasteiger partial charge on any atom is 0.244 e. The third-order valence-electron chi connectivity index (χ3n) is 5.34. The molecule has 3 nitrogen and oxygen atoms in total. The summed E-state index contributed by atoms with van der Waals surface area (Å²) in [6.07, 6.45) is 8.29. The number of thiophene rings is 1. The van der Waals surface area contributed by atoms with Crippen molar-refractivity contribution >= 4 is 23.3 Å². The summed E-state index contributed by atoms with van der Waals surface area (Å²) in [5.41, 5.74) is 0.990. The van der Waals surface area contributed by atoms with Crippen LogP contribution in [-0.2, 0) is 4.79 Å². The zero-order valence-electron chi connectivity index (χ0n) is 14.7. The maximum absolute atomic E-state index is 13.0. The topological polar surface area (TPSA) is 32.3 Å². The molecule has 4 rings (SSSR count). The minimum atomic E-state index is -0.231. The van der Waals surface area contributed by atoms with Gasteiger partial charge in [0.25, 0.3) is 0 Å². The van der Waals surface area contributed by atoms with E-state index in [1.54, 1.807) is 29.5 Å². The standard InChI is InChI=1S/C21H23FN2OS/c22-16-6-4-15(5-7-16)20-10-8-17(26-20)9-11-21(25)23-18-12-14-24-13-2-1-3-19(18)24/h4-11,18-19H,1-3,12-14H2,(H,23,25)/b11-9+/t18-,19-/m1/s1. The van der Waals surface area contributed by atoms with Crippen LogP contribution in [0.3, 0.4) is 0 Å². The molecule has 1 aromatic heterocycles. The largest absolute Gasteiger partial charge is 0.348 e. The lowest BCUT2D eigenvalue weighted by Crippen LogP contribution is -2.46. The second-order valence-corrected chi connectivity index (χ2v) is 8.16. The van der Waals surface area contributed by atoms with Crippen LogP contribution in [0.4, 0.5) is 4.39 Å². The number of fused-ring (bicyclic) bond motifs is 1. The van der Waals surface area contributed by atoms with Gasteiger partial charge in [0.1, 0.15) is 5.82 Å². The summed E-state index contributed by atoms with van der Waals surface area (Å²) in [6, 6.07) is 11.3. The minimum Gasteiger partial charge on any atom is -0.348 e. The molecule has 0 bridgehead atoms. The van der Waals surface area contributed by atoms with Crippen molar-refractivity contribution in [2.24, 2.45) is 0 Å². The molecule has 2 saturated heterocycles. The summed E-state index contributed by atoms with van der Waals surface area (Å²) in [5, 5.41) is 3.19. The van der Waals surface area contributed by atoms with Gasteiger partial charge in [-0.25, -0.2) is 4.39 Å². The summed E-state index contributed by atoms with van der Waals surface area (Å²) in [5.74, 6) is -0.246. The number of halogens is 1. The summed E-state index contributed by atoms with van der Waals surface area (Å²) >= 11 is 1.60. The highest BCUT2D eigenvalue weighted by molar-refractivity contribution is 7.16. The molecule has 136 valence electrons. The molecule has 0 radical (unpaired) electrons. The van der Waals surface area contributed by atoms with Crippen LogP contribution in [0, 0.1) is 5.82 Å². The number of hydrogen-bond donors (Lipinski definition) is 1. The lowest BCUT2D eigenvalue weighted by atomic mass is 9.99. The van der Waals surface area contributed by atoms with E-state index in [1.807, 2.05) is 18.2 Å². The summed E-state index contributed by atoms with van der Waals surface area (Å²) in [7, 11) is 0. The van der Waals surface area contributed by atoms with Gasteiger partial charge in [0.15, 0.2) is 0 Å². The highest BCUT2D eigenvalue weighted by Crippen LogP contribution is 2.29. The van der Waals surface area contributed by atoms with Gasteiger partial charge in [-0.1, -0.05) is 18.6 Å². The first-order chi connectivity index (χ1) is 12.7. The van der Waals surface area contributed by atoms with E-state index in [4.69, 9.17) is 0 Å². The fraction of sp³-hybridized carbons (Fsp3) is 0.381. The van der Waals surface area contributed by atoms with E-state index >= 15 is 0 Å². The first-order valence-corrected chi connectivity index (χ1v) is 10.1. The van der Waals surface area contributed by atoms with Gasteiger partial charge in [0.2, 0.25) is 5.91 Å². The molecule has 0 aliphatic carbocycles. The molecule has 0 spiro atoms. The Labute approximate surface area is 157 Å². The monoisotopic (exact) mass is 370 g/mol. The van der Waals surface area contributed by atoms with Crippen molar-refractivity contribution in [2.75, 3.05) is 13.1 Å². The zero-order valence-corrected chi connectivity index (χ0v) is 15.5. The second kappa shape index (κ2) is 7.72.